The molecule has 1 aromatic carbocycles. The summed E-state index contributed by atoms with van der Waals surface area (Å²) in [5, 5.41) is 6.87. The molecule has 3 rings (SSSR count). The van der Waals surface area contributed by atoms with Crippen LogP contribution in [-0.2, 0) is 11.2 Å². The average Bonchev–Trinajstić information content (AvgIpc) is 3.19. The molecule has 120 valence electrons. The monoisotopic (exact) mass is 318 g/mol. The van der Waals surface area contributed by atoms with Gasteiger partial charge in [0.1, 0.15) is 0 Å². The van der Waals surface area contributed by atoms with Gasteiger partial charge in [-0.2, -0.15) is 0 Å². The molecule has 0 aliphatic carbocycles. The molecule has 2 heterocycles. The lowest BCUT2D eigenvalue weighted by atomic mass is 10.1. The van der Waals surface area contributed by atoms with Gasteiger partial charge in [0.15, 0.2) is 0 Å². The van der Waals surface area contributed by atoms with Crippen LogP contribution in [0.25, 0.3) is 10.1 Å². The highest BCUT2D eigenvalue weighted by Crippen LogP contribution is 2.21. The molecule has 0 spiro atoms. The highest BCUT2D eigenvalue weighted by molar-refractivity contribution is 7.17. The molecule has 3 nitrogen and oxygen atoms in total. The van der Waals surface area contributed by atoms with Gasteiger partial charge < -0.3 is 15.0 Å². The molecule has 22 heavy (non-hydrogen) atoms. The van der Waals surface area contributed by atoms with Gasteiger partial charge in [0, 0.05) is 30.4 Å². The third kappa shape index (κ3) is 4.29. The first-order valence-electron chi connectivity index (χ1n) is 8.28. The van der Waals surface area contributed by atoms with E-state index >= 15 is 0 Å². The summed E-state index contributed by atoms with van der Waals surface area (Å²) in [7, 11) is 2.06. The summed E-state index contributed by atoms with van der Waals surface area (Å²) in [6.45, 7) is 5.29. The second kappa shape index (κ2) is 8.06. The van der Waals surface area contributed by atoms with Crippen molar-refractivity contribution in [1.82, 2.24) is 10.2 Å². The van der Waals surface area contributed by atoms with Crippen molar-refractivity contribution in [3.05, 3.63) is 35.2 Å². The van der Waals surface area contributed by atoms with Crippen LogP contribution in [0.5, 0.6) is 0 Å². The number of fused-ring (bicyclic) bond motifs is 1. The lowest BCUT2D eigenvalue weighted by Gasteiger charge is -2.15. The van der Waals surface area contributed by atoms with E-state index in [1.54, 1.807) is 11.3 Å². The number of nitrogens with zero attached hydrogens (tertiary/aromatic N) is 1. The third-order valence-corrected chi connectivity index (χ3v) is 5.39. The lowest BCUT2D eigenvalue weighted by molar-refractivity contribution is 0.126. The topological polar surface area (TPSA) is 24.5 Å². The number of hydrogen-bond donors (Lipinski definition) is 1. The minimum atomic E-state index is 0.688. The fourth-order valence-corrected chi connectivity index (χ4v) is 3.90. The predicted octanol–water partition coefficient (Wildman–Crippen LogP) is 3.14. The van der Waals surface area contributed by atoms with Gasteiger partial charge in [-0.1, -0.05) is 12.1 Å². The number of likely N-dealkylation sites (N-methyl/N-ethyl adjacent to an activating group) is 1. The molecule has 0 amide bonds. The van der Waals surface area contributed by atoms with Crippen LogP contribution in [0.3, 0.4) is 0 Å². The number of ether oxygens (including phenoxy) is 1. The molecular weight excluding hydrogens is 292 g/mol. The van der Waals surface area contributed by atoms with E-state index in [1.165, 1.54) is 41.7 Å². The van der Waals surface area contributed by atoms with Crippen LogP contribution < -0.4 is 5.32 Å². The zero-order valence-corrected chi connectivity index (χ0v) is 14.2. The highest BCUT2D eigenvalue weighted by Gasteiger charge is 2.19. The van der Waals surface area contributed by atoms with Gasteiger partial charge in [-0.15, -0.1) is 11.3 Å². The third-order valence-electron chi connectivity index (χ3n) is 4.50. The lowest BCUT2D eigenvalue weighted by Crippen LogP contribution is -2.30. The molecule has 0 radical (unpaired) electrons. The first kappa shape index (κ1) is 15.9. The Morgan fingerprint density at radius 2 is 2.27 bits per heavy atom. The Balaban J connectivity index is 1.29. The zero-order valence-electron chi connectivity index (χ0n) is 13.4. The Morgan fingerprint density at radius 1 is 1.32 bits per heavy atom. The predicted molar refractivity (Wildman–Crippen MR) is 94.9 cm³/mol. The molecule has 1 N–H and O–H groups in total. The first-order chi connectivity index (χ1) is 10.8. The summed E-state index contributed by atoms with van der Waals surface area (Å²) in [6, 6.07) is 9.62. The van der Waals surface area contributed by atoms with Crippen molar-refractivity contribution in [3.8, 4) is 0 Å². The smallest absolute Gasteiger partial charge is 0.0506 e. The second-order valence-electron chi connectivity index (χ2n) is 6.08. The molecule has 1 aromatic heterocycles. The van der Waals surface area contributed by atoms with E-state index in [1.807, 2.05) is 0 Å². The molecule has 2 aromatic rings. The van der Waals surface area contributed by atoms with E-state index in [-0.39, 0.29) is 0 Å². The number of rotatable bonds is 8. The van der Waals surface area contributed by atoms with Gasteiger partial charge in [0.05, 0.1) is 6.61 Å². The Labute approximate surface area is 137 Å². The summed E-state index contributed by atoms with van der Waals surface area (Å²) in [5.41, 5.74) is 1.38. The minimum Gasteiger partial charge on any atom is -0.381 e. The molecule has 1 fully saturated rings. The van der Waals surface area contributed by atoms with Crippen molar-refractivity contribution in [2.45, 2.75) is 25.3 Å². The van der Waals surface area contributed by atoms with Crippen molar-refractivity contribution in [2.75, 3.05) is 39.9 Å². The fourth-order valence-electron chi connectivity index (χ4n) is 3.13. The molecule has 4 heteroatoms. The standard InChI is InChI=1S/C18H26N2OS/c1-19-17-5-9-20(14-17)8-2-10-21-11-6-15-3-4-18-16(13-15)7-12-22-18/h3-4,7,12-13,17,19H,2,5-6,8-11,14H2,1H3. The molecule has 1 aliphatic heterocycles. The fraction of sp³-hybridized carbons (Fsp3) is 0.556. The van der Waals surface area contributed by atoms with Crippen LogP contribution in [0.2, 0.25) is 0 Å². The normalized spacial score (nSPS) is 19.2. The quantitative estimate of drug-likeness (QED) is 0.757. The molecule has 1 atom stereocenters. The Kier molecular flexibility index (Phi) is 5.84. The summed E-state index contributed by atoms with van der Waals surface area (Å²) < 4.78 is 7.17. The van der Waals surface area contributed by atoms with Gasteiger partial charge in [0.2, 0.25) is 0 Å². The molecule has 0 bridgehead atoms. The maximum atomic E-state index is 5.80. The SMILES string of the molecule is CNC1CCN(CCCOCCc2ccc3sccc3c2)C1. The van der Waals surface area contributed by atoms with Crippen molar-refractivity contribution in [1.29, 1.82) is 0 Å². The van der Waals surface area contributed by atoms with Crippen molar-refractivity contribution in [2.24, 2.45) is 0 Å². The van der Waals surface area contributed by atoms with Crippen molar-refractivity contribution < 1.29 is 4.74 Å². The van der Waals surface area contributed by atoms with Gasteiger partial charge in [-0.25, -0.2) is 0 Å². The number of hydrogen-bond acceptors (Lipinski definition) is 4. The van der Waals surface area contributed by atoms with E-state index in [9.17, 15) is 0 Å². The number of thiophene rings is 1. The average molecular weight is 318 g/mol. The number of likely N-dealkylation sites (tertiary alicyclic amines) is 1. The molecule has 1 unspecified atom stereocenters. The summed E-state index contributed by atoms with van der Waals surface area (Å²) in [6.07, 6.45) is 3.43. The maximum Gasteiger partial charge on any atom is 0.0506 e. The maximum absolute atomic E-state index is 5.80. The van der Waals surface area contributed by atoms with Gasteiger partial charge in [-0.05, 0) is 61.3 Å². The second-order valence-corrected chi connectivity index (χ2v) is 7.03. The molecular formula is C18H26N2OS. The van der Waals surface area contributed by atoms with Gasteiger partial charge in [0.25, 0.3) is 0 Å². The van der Waals surface area contributed by atoms with E-state index in [0.717, 1.165) is 26.1 Å². The van der Waals surface area contributed by atoms with Crippen LogP contribution in [0.4, 0.5) is 0 Å². The van der Waals surface area contributed by atoms with E-state index in [2.05, 4.69) is 46.9 Å². The molecule has 1 aliphatic rings. The summed E-state index contributed by atoms with van der Waals surface area (Å²) in [4.78, 5) is 2.54. The molecule has 1 saturated heterocycles. The number of nitrogens with one attached hydrogen (secondary N) is 1. The van der Waals surface area contributed by atoms with E-state index in [4.69, 9.17) is 4.74 Å². The first-order valence-corrected chi connectivity index (χ1v) is 9.16. The van der Waals surface area contributed by atoms with Crippen LogP contribution >= 0.6 is 11.3 Å². The molecule has 0 saturated carbocycles. The number of benzene rings is 1. The van der Waals surface area contributed by atoms with E-state index < -0.39 is 0 Å². The Morgan fingerprint density at radius 3 is 3.14 bits per heavy atom. The summed E-state index contributed by atoms with van der Waals surface area (Å²) >= 11 is 1.80. The summed E-state index contributed by atoms with van der Waals surface area (Å²) in [5.74, 6) is 0. The van der Waals surface area contributed by atoms with Crippen LogP contribution in [-0.4, -0.2) is 50.8 Å². The largest absolute Gasteiger partial charge is 0.381 e. The van der Waals surface area contributed by atoms with Crippen LogP contribution in [0.1, 0.15) is 18.4 Å². The van der Waals surface area contributed by atoms with Crippen LogP contribution in [0.15, 0.2) is 29.6 Å². The Hall–Kier alpha value is -0.940. The Bertz CT molecular complexity index is 583. The van der Waals surface area contributed by atoms with Gasteiger partial charge in [-0.3, -0.25) is 0 Å². The minimum absolute atomic E-state index is 0.688. The van der Waals surface area contributed by atoms with Gasteiger partial charge >= 0.3 is 0 Å². The van der Waals surface area contributed by atoms with Crippen molar-refractivity contribution >= 4 is 21.4 Å². The highest BCUT2D eigenvalue weighted by atomic mass is 32.1. The van der Waals surface area contributed by atoms with Crippen molar-refractivity contribution in [3.63, 3.8) is 0 Å². The van der Waals surface area contributed by atoms with Crippen LogP contribution in [0, 0.1) is 0 Å². The van der Waals surface area contributed by atoms with E-state index in [0.29, 0.717) is 6.04 Å². The zero-order chi connectivity index (χ0) is 15.2.